The molecular formula is C22H38N2O8. The van der Waals surface area contributed by atoms with Crippen molar-refractivity contribution in [3.63, 3.8) is 0 Å². The third-order valence-corrected chi connectivity index (χ3v) is 5.40. The fourth-order valence-electron chi connectivity index (χ4n) is 3.70. The molecule has 0 aromatic carbocycles. The minimum absolute atomic E-state index is 0.299. The lowest BCUT2D eigenvalue weighted by molar-refractivity contribution is -0.143. The minimum Gasteiger partial charge on any atom is -0.481 e. The SMILES string of the molecule is C[C@@H]1[C@@H](C(=O)O)CCN1C(=O)OC(C)(C)C.C[C@H]1[C@H](C(=O)O)CCN1C(=O)OC(C)(C)C. The zero-order valence-corrected chi connectivity index (χ0v) is 20.4. The first-order valence-corrected chi connectivity index (χ1v) is 10.9. The van der Waals surface area contributed by atoms with Crippen LogP contribution in [0.3, 0.4) is 0 Å². The molecule has 0 unspecified atom stereocenters. The molecule has 2 fully saturated rings. The Hall–Kier alpha value is -2.52. The van der Waals surface area contributed by atoms with E-state index in [1.807, 2.05) is 0 Å². The normalized spacial score (nSPS) is 25.6. The van der Waals surface area contributed by atoms with Crippen LogP contribution in [0.5, 0.6) is 0 Å². The van der Waals surface area contributed by atoms with Gasteiger partial charge in [0.05, 0.1) is 11.8 Å². The van der Waals surface area contributed by atoms with Gasteiger partial charge in [0.1, 0.15) is 11.2 Å². The van der Waals surface area contributed by atoms with Gasteiger partial charge in [-0.05, 0) is 68.2 Å². The summed E-state index contributed by atoms with van der Waals surface area (Å²) in [4.78, 5) is 48.3. The number of aliphatic carboxylic acids is 2. The number of amides is 2. The molecule has 0 spiro atoms. The van der Waals surface area contributed by atoms with Gasteiger partial charge in [-0.15, -0.1) is 0 Å². The zero-order valence-electron chi connectivity index (χ0n) is 20.4. The van der Waals surface area contributed by atoms with Gasteiger partial charge in [0.2, 0.25) is 0 Å². The molecule has 0 aliphatic carbocycles. The first kappa shape index (κ1) is 27.5. The van der Waals surface area contributed by atoms with Crippen molar-refractivity contribution in [2.75, 3.05) is 13.1 Å². The van der Waals surface area contributed by atoms with E-state index in [1.165, 1.54) is 9.80 Å². The summed E-state index contributed by atoms with van der Waals surface area (Å²) in [5.74, 6) is -2.66. The summed E-state index contributed by atoms with van der Waals surface area (Å²) >= 11 is 0. The highest BCUT2D eigenvalue weighted by Crippen LogP contribution is 2.27. The predicted molar refractivity (Wildman–Crippen MR) is 116 cm³/mol. The lowest BCUT2D eigenvalue weighted by atomic mass is 10.0. The van der Waals surface area contributed by atoms with Gasteiger partial charge in [0.25, 0.3) is 0 Å². The van der Waals surface area contributed by atoms with Crippen LogP contribution in [-0.4, -0.2) is 80.5 Å². The van der Waals surface area contributed by atoms with Crippen molar-refractivity contribution in [2.45, 2.75) is 91.5 Å². The van der Waals surface area contributed by atoms with E-state index in [4.69, 9.17) is 19.7 Å². The quantitative estimate of drug-likeness (QED) is 0.643. The Kier molecular flexibility index (Phi) is 8.94. The molecule has 10 heteroatoms. The maximum atomic E-state index is 11.8. The van der Waals surface area contributed by atoms with Gasteiger partial charge in [0, 0.05) is 25.2 Å². The number of hydrogen-bond donors (Lipinski definition) is 2. The van der Waals surface area contributed by atoms with Crippen LogP contribution < -0.4 is 0 Å². The number of carboxylic acids is 2. The van der Waals surface area contributed by atoms with Crippen molar-refractivity contribution >= 4 is 24.1 Å². The number of carbonyl (C=O) groups is 4. The van der Waals surface area contributed by atoms with E-state index in [-0.39, 0.29) is 12.1 Å². The molecule has 2 aliphatic rings. The standard InChI is InChI=1S/2C11H19NO4/c2*1-7-8(9(13)14)5-6-12(7)10(15)16-11(2,3)4/h2*7-8H,5-6H2,1-4H3,(H,13,14)/t2*7-,8+/m10/s1. The summed E-state index contributed by atoms with van der Waals surface area (Å²) in [5.41, 5.74) is -1.09. The zero-order chi connectivity index (χ0) is 25.0. The summed E-state index contributed by atoms with van der Waals surface area (Å²) < 4.78 is 10.4. The van der Waals surface area contributed by atoms with Crippen molar-refractivity contribution in [3.8, 4) is 0 Å². The molecular weight excluding hydrogens is 420 g/mol. The number of rotatable bonds is 2. The van der Waals surface area contributed by atoms with Crippen LogP contribution in [0.25, 0.3) is 0 Å². The second-order valence-corrected chi connectivity index (χ2v) is 10.3. The van der Waals surface area contributed by atoms with Crippen LogP contribution in [-0.2, 0) is 19.1 Å². The summed E-state index contributed by atoms with van der Waals surface area (Å²) in [6.45, 7) is 15.1. The average Bonchev–Trinajstić information content (AvgIpc) is 3.15. The molecule has 0 saturated carbocycles. The number of nitrogens with zero attached hydrogens (tertiary/aromatic N) is 2. The molecule has 2 aliphatic heterocycles. The number of carbonyl (C=O) groups excluding carboxylic acids is 2. The molecule has 2 amide bonds. The van der Waals surface area contributed by atoms with E-state index >= 15 is 0 Å². The maximum absolute atomic E-state index is 11.8. The molecule has 0 radical (unpaired) electrons. The molecule has 2 rings (SSSR count). The highest BCUT2D eigenvalue weighted by molar-refractivity contribution is 5.76. The van der Waals surface area contributed by atoms with Crippen LogP contribution in [0.2, 0.25) is 0 Å². The molecule has 2 heterocycles. The summed E-state index contributed by atoms with van der Waals surface area (Å²) in [7, 11) is 0. The number of likely N-dealkylation sites (tertiary alicyclic amines) is 2. The second kappa shape index (κ2) is 10.4. The molecule has 0 aromatic heterocycles. The number of hydrogen-bond acceptors (Lipinski definition) is 6. The van der Waals surface area contributed by atoms with Gasteiger partial charge >= 0.3 is 24.1 Å². The second-order valence-electron chi connectivity index (χ2n) is 10.3. The fraction of sp³-hybridized carbons (Fsp3) is 0.818. The maximum Gasteiger partial charge on any atom is 0.410 e. The molecule has 32 heavy (non-hydrogen) atoms. The molecule has 184 valence electrons. The highest BCUT2D eigenvalue weighted by atomic mass is 16.6. The van der Waals surface area contributed by atoms with E-state index in [0.717, 1.165) is 0 Å². The lowest BCUT2D eigenvalue weighted by Crippen LogP contribution is -2.41. The smallest absolute Gasteiger partial charge is 0.410 e. The minimum atomic E-state index is -0.849. The molecule has 0 bridgehead atoms. The van der Waals surface area contributed by atoms with Crippen molar-refractivity contribution < 1.29 is 38.9 Å². The van der Waals surface area contributed by atoms with Gasteiger partial charge in [-0.2, -0.15) is 0 Å². The van der Waals surface area contributed by atoms with Gasteiger partial charge in [-0.3, -0.25) is 9.59 Å². The van der Waals surface area contributed by atoms with Gasteiger partial charge in [0.15, 0.2) is 0 Å². The Balaban J connectivity index is 0.000000320. The molecule has 0 aromatic rings. The largest absolute Gasteiger partial charge is 0.481 e. The molecule has 2 saturated heterocycles. The monoisotopic (exact) mass is 458 g/mol. The predicted octanol–water partition coefficient (Wildman–Crippen LogP) is 3.43. The number of ether oxygens (including phenoxy) is 2. The van der Waals surface area contributed by atoms with E-state index in [0.29, 0.717) is 25.9 Å². The van der Waals surface area contributed by atoms with E-state index < -0.39 is 47.2 Å². The Morgan fingerprint density at radius 1 is 0.688 bits per heavy atom. The fourth-order valence-corrected chi connectivity index (χ4v) is 3.70. The molecule has 2 N–H and O–H groups in total. The van der Waals surface area contributed by atoms with Crippen molar-refractivity contribution in [3.05, 3.63) is 0 Å². The summed E-state index contributed by atoms with van der Waals surface area (Å²) in [6, 6.07) is -0.598. The Morgan fingerprint density at radius 2 is 0.969 bits per heavy atom. The van der Waals surface area contributed by atoms with E-state index in [1.54, 1.807) is 55.4 Å². The number of carboxylic acid groups (broad SMARTS) is 2. The van der Waals surface area contributed by atoms with E-state index in [9.17, 15) is 19.2 Å². The van der Waals surface area contributed by atoms with Crippen LogP contribution in [0.15, 0.2) is 0 Å². The molecule has 10 nitrogen and oxygen atoms in total. The topological polar surface area (TPSA) is 134 Å². The summed E-state index contributed by atoms with van der Waals surface area (Å²) in [5, 5.41) is 17.9. The summed E-state index contributed by atoms with van der Waals surface area (Å²) in [6.07, 6.45) is 0.137. The Labute approximate surface area is 189 Å². The third-order valence-electron chi connectivity index (χ3n) is 5.40. The van der Waals surface area contributed by atoms with Gasteiger partial charge in [-0.1, -0.05) is 0 Å². The van der Waals surface area contributed by atoms with Crippen LogP contribution in [0.1, 0.15) is 68.2 Å². The van der Waals surface area contributed by atoms with E-state index in [2.05, 4.69) is 0 Å². The van der Waals surface area contributed by atoms with Gasteiger partial charge in [-0.25, -0.2) is 9.59 Å². The highest BCUT2D eigenvalue weighted by Gasteiger charge is 2.40. The first-order chi connectivity index (χ1) is 14.4. The van der Waals surface area contributed by atoms with Crippen molar-refractivity contribution in [1.29, 1.82) is 0 Å². The van der Waals surface area contributed by atoms with Crippen LogP contribution in [0.4, 0.5) is 9.59 Å². The van der Waals surface area contributed by atoms with Crippen LogP contribution >= 0.6 is 0 Å². The van der Waals surface area contributed by atoms with Crippen molar-refractivity contribution in [1.82, 2.24) is 9.80 Å². The lowest BCUT2D eigenvalue weighted by Gasteiger charge is -2.27. The van der Waals surface area contributed by atoms with Crippen LogP contribution in [0, 0.1) is 11.8 Å². The first-order valence-electron chi connectivity index (χ1n) is 10.9. The van der Waals surface area contributed by atoms with Gasteiger partial charge < -0.3 is 29.5 Å². The average molecular weight is 459 g/mol. The van der Waals surface area contributed by atoms with Crippen molar-refractivity contribution in [2.24, 2.45) is 11.8 Å². The Bertz CT molecular complexity index is 650. The Morgan fingerprint density at radius 3 is 1.16 bits per heavy atom. The third kappa shape index (κ3) is 7.87. The molecule has 4 atom stereocenters.